The van der Waals surface area contributed by atoms with Crippen LogP contribution in [-0.2, 0) is 11.0 Å². The molecule has 1 amide bonds. The Hall–Kier alpha value is -2.50. The van der Waals surface area contributed by atoms with Crippen molar-refractivity contribution in [1.29, 1.82) is 0 Å². The number of aromatic nitrogens is 2. The first-order valence-corrected chi connectivity index (χ1v) is 7.68. The van der Waals surface area contributed by atoms with Gasteiger partial charge in [0.1, 0.15) is 0 Å². The standard InChI is InChI=1S/C15H18F3N5O3/c1-9(8-20-25-7-6-19)21-13(24)11-4-2-10(3-5-11)12-22-14(26-23-12)15(16,17)18/h2-5,9,20H,6-8,19H2,1H3,(H,21,24). The van der Waals surface area contributed by atoms with Crippen LogP contribution in [0.4, 0.5) is 13.2 Å². The fourth-order valence-electron chi connectivity index (χ4n) is 1.90. The molecule has 1 unspecified atom stereocenters. The number of rotatable bonds is 8. The third-order valence-corrected chi connectivity index (χ3v) is 3.16. The highest BCUT2D eigenvalue weighted by molar-refractivity contribution is 5.94. The van der Waals surface area contributed by atoms with E-state index in [-0.39, 0.29) is 17.8 Å². The van der Waals surface area contributed by atoms with Crippen molar-refractivity contribution in [2.45, 2.75) is 19.1 Å². The average molecular weight is 373 g/mol. The van der Waals surface area contributed by atoms with Crippen molar-refractivity contribution in [2.24, 2.45) is 5.73 Å². The lowest BCUT2D eigenvalue weighted by Gasteiger charge is -2.14. The predicted molar refractivity (Wildman–Crippen MR) is 84.7 cm³/mol. The number of hydrogen-bond donors (Lipinski definition) is 3. The number of carbonyl (C=O) groups is 1. The Balaban J connectivity index is 1.94. The largest absolute Gasteiger partial charge is 0.471 e. The number of benzene rings is 1. The number of nitrogens with zero attached hydrogens (tertiary/aromatic N) is 2. The second-order valence-electron chi connectivity index (χ2n) is 5.36. The molecule has 0 fully saturated rings. The molecule has 0 saturated carbocycles. The molecule has 0 spiro atoms. The summed E-state index contributed by atoms with van der Waals surface area (Å²) in [6.45, 7) is 2.90. The molecule has 1 aromatic carbocycles. The molecule has 142 valence electrons. The van der Waals surface area contributed by atoms with E-state index >= 15 is 0 Å². The van der Waals surface area contributed by atoms with Crippen LogP contribution in [0.25, 0.3) is 11.4 Å². The quantitative estimate of drug-likeness (QED) is 0.473. The van der Waals surface area contributed by atoms with Crippen LogP contribution >= 0.6 is 0 Å². The molecule has 2 aromatic rings. The molecule has 0 saturated heterocycles. The summed E-state index contributed by atoms with van der Waals surface area (Å²) in [5, 5.41) is 6.03. The second-order valence-corrected chi connectivity index (χ2v) is 5.36. The van der Waals surface area contributed by atoms with Gasteiger partial charge in [0.05, 0.1) is 6.61 Å². The first-order valence-electron chi connectivity index (χ1n) is 7.68. The van der Waals surface area contributed by atoms with E-state index in [4.69, 9.17) is 10.6 Å². The number of carbonyl (C=O) groups excluding carboxylic acids is 1. The molecular weight excluding hydrogens is 355 g/mol. The van der Waals surface area contributed by atoms with Crippen molar-refractivity contribution < 1.29 is 27.3 Å². The number of amides is 1. The van der Waals surface area contributed by atoms with Crippen LogP contribution in [0.5, 0.6) is 0 Å². The third kappa shape index (κ3) is 5.51. The van der Waals surface area contributed by atoms with Gasteiger partial charge in [-0.1, -0.05) is 17.3 Å². The van der Waals surface area contributed by atoms with E-state index in [1.807, 2.05) is 0 Å². The highest BCUT2D eigenvalue weighted by atomic mass is 19.4. The zero-order valence-electron chi connectivity index (χ0n) is 13.8. The number of alkyl halides is 3. The lowest BCUT2D eigenvalue weighted by atomic mass is 10.1. The van der Waals surface area contributed by atoms with Crippen LogP contribution in [0, 0.1) is 0 Å². The molecule has 11 heteroatoms. The molecule has 2 rings (SSSR count). The summed E-state index contributed by atoms with van der Waals surface area (Å²) in [5.74, 6) is -1.97. The number of halogens is 3. The summed E-state index contributed by atoms with van der Waals surface area (Å²) >= 11 is 0. The Kier molecular flexibility index (Phi) is 6.66. The zero-order valence-corrected chi connectivity index (χ0v) is 13.8. The predicted octanol–water partition coefficient (Wildman–Crippen LogP) is 1.35. The molecule has 1 heterocycles. The summed E-state index contributed by atoms with van der Waals surface area (Å²) in [4.78, 5) is 20.4. The summed E-state index contributed by atoms with van der Waals surface area (Å²) in [7, 11) is 0. The van der Waals surface area contributed by atoms with Gasteiger partial charge in [0.25, 0.3) is 5.91 Å². The normalized spacial score (nSPS) is 12.8. The van der Waals surface area contributed by atoms with Gasteiger partial charge in [0.2, 0.25) is 5.82 Å². The van der Waals surface area contributed by atoms with E-state index in [2.05, 4.69) is 25.5 Å². The molecule has 8 nitrogen and oxygen atoms in total. The van der Waals surface area contributed by atoms with Gasteiger partial charge in [-0.3, -0.25) is 4.79 Å². The summed E-state index contributed by atoms with van der Waals surface area (Å²) < 4.78 is 41.6. The number of nitrogens with two attached hydrogens (primary N) is 1. The van der Waals surface area contributed by atoms with Crippen LogP contribution in [0.3, 0.4) is 0 Å². The Morgan fingerprint density at radius 1 is 1.35 bits per heavy atom. The van der Waals surface area contributed by atoms with E-state index in [9.17, 15) is 18.0 Å². The van der Waals surface area contributed by atoms with Crippen LogP contribution in [0.1, 0.15) is 23.2 Å². The smallest absolute Gasteiger partial charge is 0.348 e. The first kappa shape index (κ1) is 19.8. The Morgan fingerprint density at radius 3 is 2.62 bits per heavy atom. The molecule has 0 aliphatic carbocycles. The van der Waals surface area contributed by atoms with Gasteiger partial charge >= 0.3 is 12.1 Å². The monoisotopic (exact) mass is 373 g/mol. The van der Waals surface area contributed by atoms with E-state index in [1.54, 1.807) is 6.92 Å². The van der Waals surface area contributed by atoms with Crippen LogP contribution in [0.2, 0.25) is 0 Å². The minimum atomic E-state index is -4.71. The fraction of sp³-hybridized carbons (Fsp3) is 0.400. The Labute approximate surface area is 146 Å². The van der Waals surface area contributed by atoms with Gasteiger partial charge in [-0.05, 0) is 19.1 Å². The van der Waals surface area contributed by atoms with Gasteiger partial charge in [-0.25, -0.2) is 5.48 Å². The van der Waals surface area contributed by atoms with Crippen LogP contribution < -0.4 is 16.5 Å². The van der Waals surface area contributed by atoms with Crippen LogP contribution in [0.15, 0.2) is 28.8 Å². The van der Waals surface area contributed by atoms with Crippen molar-refractivity contribution >= 4 is 5.91 Å². The average Bonchev–Trinajstić information content (AvgIpc) is 3.09. The molecule has 1 atom stereocenters. The van der Waals surface area contributed by atoms with Crippen molar-refractivity contribution in [3.8, 4) is 11.4 Å². The molecule has 0 aliphatic rings. The highest BCUT2D eigenvalue weighted by Gasteiger charge is 2.38. The van der Waals surface area contributed by atoms with E-state index in [0.717, 1.165) is 0 Å². The van der Waals surface area contributed by atoms with Gasteiger partial charge < -0.3 is 20.4 Å². The molecule has 26 heavy (non-hydrogen) atoms. The SMILES string of the molecule is CC(CNOCCN)NC(=O)c1ccc(-c2noc(C(F)(F)F)n2)cc1. The maximum atomic E-state index is 12.5. The Bertz CT molecular complexity index is 718. The zero-order chi connectivity index (χ0) is 19.2. The number of nitrogens with one attached hydrogen (secondary N) is 2. The Morgan fingerprint density at radius 2 is 2.04 bits per heavy atom. The lowest BCUT2D eigenvalue weighted by Crippen LogP contribution is -2.40. The molecule has 0 aliphatic heterocycles. The van der Waals surface area contributed by atoms with Crippen molar-refractivity contribution in [2.75, 3.05) is 19.7 Å². The molecular formula is C15H18F3N5O3. The van der Waals surface area contributed by atoms with E-state index in [0.29, 0.717) is 30.8 Å². The minimum Gasteiger partial charge on any atom is -0.348 e. The van der Waals surface area contributed by atoms with Gasteiger partial charge in [0, 0.05) is 30.3 Å². The van der Waals surface area contributed by atoms with Gasteiger partial charge in [0.15, 0.2) is 0 Å². The topological polar surface area (TPSA) is 115 Å². The number of hydrogen-bond acceptors (Lipinski definition) is 7. The van der Waals surface area contributed by atoms with Gasteiger partial charge in [-0.15, -0.1) is 0 Å². The molecule has 1 aromatic heterocycles. The van der Waals surface area contributed by atoms with Crippen LogP contribution in [-0.4, -0.2) is 41.8 Å². The molecule has 4 N–H and O–H groups in total. The molecule has 0 radical (unpaired) electrons. The van der Waals surface area contributed by atoms with E-state index in [1.165, 1.54) is 24.3 Å². The minimum absolute atomic E-state index is 0.209. The second kappa shape index (κ2) is 8.74. The lowest BCUT2D eigenvalue weighted by molar-refractivity contribution is -0.159. The summed E-state index contributed by atoms with van der Waals surface area (Å²) in [5.41, 5.74) is 8.58. The number of hydroxylamine groups is 1. The maximum absolute atomic E-state index is 12.5. The highest BCUT2D eigenvalue weighted by Crippen LogP contribution is 2.29. The van der Waals surface area contributed by atoms with E-state index < -0.39 is 12.1 Å². The first-order chi connectivity index (χ1) is 12.3. The summed E-state index contributed by atoms with van der Waals surface area (Å²) in [6.07, 6.45) is -4.71. The fourth-order valence-corrected chi connectivity index (χ4v) is 1.90. The third-order valence-electron chi connectivity index (χ3n) is 3.16. The van der Waals surface area contributed by atoms with Gasteiger partial charge in [-0.2, -0.15) is 18.2 Å². The van der Waals surface area contributed by atoms with Crippen molar-refractivity contribution in [1.82, 2.24) is 20.9 Å². The van der Waals surface area contributed by atoms with Crippen molar-refractivity contribution in [3.63, 3.8) is 0 Å². The maximum Gasteiger partial charge on any atom is 0.471 e. The summed E-state index contributed by atoms with van der Waals surface area (Å²) in [6, 6.07) is 5.57. The molecule has 0 bridgehead atoms. The van der Waals surface area contributed by atoms with Crippen molar-refractivity contribution in [3.05, 3.63) is 35.7 Å².